The molecule has 1 aliphatic rings. The molecule has 2 N–H and O–H groups in total. The highest BCUT2D eigenvalue weighted by Gasteiger charge is 2.34. The molecule has 4 nitrogen and oxygen atoms in total. The van der Waals surface area contributed by atoms with Crippen molar-refractivity contribution in [3.05, 3.63) is 59.1 Å². The highest BCUT2D eigenvalue weighted by Crippen LogP contribution is 2.36. The van der Waals surface area contributed by atoms with Crippen LogP contribution in [0, 0.1) is 5.92 Å². The summed E-state index contributed by atoms with van der Waals surface area (Å²) in [4.78, 5) is 5.68. The van der Waals surface area contributed by atoms with E-state index in [1.54, 1.807) is 0 Å². The molecule has 0 saturated carbocycles. The Morgan fingerprint density at radius 1 is 1.17 bits per heavy atom. The van der Waals surface area contributed by atoms with Crippen molar-refractivity contribution in [2.45, 2.75) is 32.9 Å². The van der Waals surface area contributed by atoms with Crippen molar-refractivity contribution in [1.29, 1.82) is 0 Å². The van der Waals surface area contributed by atoms with Gasteiger partial charge in [-0.15, -0.1) is 5.06 Å². The lowest BCUT2D eigenvalue weighted by atomic mass is 10.0. The van der Waals surface area contributed by atoms with E-state index in [2.05, 4.69) is 20.8 Å². The number of furan rings is 1. The van der Waals surface area contributed by atoms with Gasteiger partial charge in [0.25, 0.3) is 0 Å². The van der Waals surface area contributed by atoms with Gasteiger partial charge in [0, 0.05) is 22.7 Å². The first-order valence-corrected chi connectivity index (χ1v) is 8.13. The summed E-state index contributed by atoms with van der Waals surface area (Å²) in [5, 5.41) is 2.57. The molecule has 2 atom stereocenters. The molecule has 5 heteroatoms. The quantitative estimate of drug-likeness (QED) is 0.879. The van der Waals surface area contributed by atoms with Crippen LogP contribution >= 0.6 is 11.6 Å². The Balaban J connectivity index is 1.89. The molecule has 2 heterocycles. The number of hydroxylamine groups is 2. The predicted molar refractivity (Wildman–Crippen MR) is 91.4 cm³/mol. The van der Waals surface area contributed by atoms with Gasteiger partial charge in [-0.3, -0.25) is 0 Å². The second-order valence-electron chi connectivity index (χ2n) is 6.16. The number of benzene rings is 1. The van der Waals surface area contributed by atoms with E-state index in [1.807, 2.05) is 47.5 Å². The summed E-state index contributed by atoms with van der Waals surface area (Å²) in [5.74, 6) is 2.41. The highest BCUT2D eigenvalue weighted by molar-refractivity contribution is 6.30. The first-order valence-electron chi connectivity index (χ1n) is 7.75. The molecule has 1 aromatic carbocycles. The van der Waals surface area contributed by atoms with Gasteiger partial charge in [-0.05, 0) is 37.1 Å². The minimum Gasteiger partial charge on any atom is -0.459 e. The minimum atomic E-state index is -0.125. The van der Waals surface area contributed by atoms with E-state index in [0.717, 1.165) is 17.1 Å². The van der Waals surface area contributed by atoms with Crippen LogP contribution in [0.2, 0.25) is 5.02 Å². The number of hydrogen-bond acceptors (Lipinski definition) is 4. The standard InChI is InChI=1S/C18H21ClN2O2/c1-11(2)12(3)21-15(10-18(20)23-21)17-8-7-16(22-17)13-5-4-6-14(19)9-13/h4-12,15H,20H2,1-3H3. The van der Waals surface area contributed by atoms with Crippen molar-refractivity contribution in [3.8, 4) is 11.3 Å². The summed E-state index contributed by atoms with van der Waals surface area (Å²) >= 11 is 6.05. The third kappa shape index (κ3) is 3.23. The Kier molecular flexibility index (Phi) is 4.37. The molecule has 2 aromatic rings. The maximum absolute atomic E-state index is 6.05. The topological polar surface area (TPSA) is 51.6 Å². The van der Waals surface area contributed by atoms with Crippen molar-refractivity contribution >= 4 is 11.6 Å². The summed E-state index contributed by atoms with van der Waals surface area (Å²) < 4.78 is 6.04. The average Bonchev–Trinajstić information content (AvgIpc) is 3.12. The fraction of sp³-hybridized carbons (Fsp3) is 0.333. The second-order valence-corrected chi connectivity index (χ2v) is 6.60. The number of nitrogens with two attached hydrogens (primary N) is 1. The van der Waals surface area contributed by atoms with Crippen LogP contribution in [0.15, 0.2) is 52.8 Å². The van der Waals surface area contributed by atoms with Crippen molar-refractivity contribution < 1.29 is 9.25 Å². The molecule has 122 valence electrons. The zero-order chi connectivity index (χ0) is 16.6. The molecule has 23 heavy (non-hydrogen) atoms. The summed E-state index contributed by atoms with van der Waals surface area (Å²) in [7, 11) is 0. The van der Waals surface area contributed by atoms with Gasteiger partial charge in [0.2, 0.25) is 5.88 Å². The summed E-state index contributed by atoms with van der Waals surface area (Å²) in [6.07, 6.45) is 1.87. The van der Waals surface area contributed by atoms with E-state index >= 15 is 0 Å². The summed E-state index contributed by atoms with van der Waals surface area (Å²) in [6.45, 7) is 6.42. The van der Waals surface area contributed by atoms with Crippen LogP contribution in [0.25, 0.3) is 11.3 Å². The van der Waals surface area contributed by atoms with Crippen LogP contribution < -0.4 is 5.73 Å². The number of nitrogens with zero attached hydrogens (tertiary/aromatic N) is 1. The number of halogens is 1. The third-order valence-corrected chi connectivity index (χ3v) is 4.44. The number of rotatable bonds is 4. The molecular weight excluding hydrogens is 312 g/mol. The van der Waals surface area contributed by atoms with Gasteiger partial charge in [0.05, 0.1) is 0 Å². The Bertz CT molecular complexity index is 723. The van der Waals surface area contributed by atoms with E-state index in [9.17, 15) is 0 Å². The molecule has 0 aliphatic carbocycles. The first kappa shape index (κ1) is 16.0. The van der Waals surface area contributed by atoms with Gasteiger partial charge < -0.3 is 15.0 Å². The minimum absolute atomic E-state index is 0.125. The Labute approximate surface area is 141 Å². The van der Waals surface area contributed by atoms with Gasteiger partial charge in [0.15, 0.2) is 0 Å². The van der Waals surface area contributed by atoms with Crippen LogP contribution in [0.4, 0.5) is 0 Å². The van der Waals surface area contributed by atoms with Crippen molar-refractivity contribution in [3.63, 3.8) is 0 Å². The molecule has 1 aliphatic heterocycles. The van der Waals surface area contributed by atoms with E-state index in [-0.39, 0.29) is 12.1 Å². The van der Waals surface area contributed by atoms with Crippen LogP contribution in [-0.2, 0) is 4.84 Å². The van der Waals surface area contributed by atoms with E-state index in [1.165, 1.54) is 0 Å². The van der Waals surface area contributed by atoms with Gasteiger partial charge in [-0.2, -0.15) is 0 Å². The highest BCUT2D eigenvalue weighted by atomic mass is 35.5. The van der Waals surface area contributed by atoms with Gasteiger partial charge in [0.1, 0.15) is 17.6 Å². The van der Waals surface area contributed by atoms with Crippen LogP contribution in [0.5, 0.6) is 0 Å². The zero-order valence-corrected chi connectivity index (χ0v) is 14.2. The second kappa shape index (κ2) is 6.30. The monoisotopic (exact) mass is 332 g/mol. The lowest BCUT2D eigenvalue weighted by Crippen LogP contribution is -2.36. The Hall–Kier alpha value is -1.91. The van der Waals surface area contributed by atoms with Gasteiger partial charge in [-0.25, -0.2) is 0 Å². The maximum atomic E-state index is 6.05. The molecule has 0 fully saturated rings. The lowest BCUT2D eigenvalue weighted by Gasteiger charge is -2.30. The third-order valence-electron chi connectivity index (χ3n) is 4.20. The largest absolute Gasteiger partial charge is 0.459 e. The van der Waals surface area contributed by atoms with Crippen molar-refractivity contribution in [2.24, 2.45) is 11.7 Å². The van der Waals surface area contributed by atoms with E-state index < -0.39 is 0 Å². The molecule has 0 spiro atoms. The fourth-order valence-corrected chi connectivity index (χ4v) is 2.77. The molecule has 0 radical (unpaired) electrons. The first-order chi connectivity index (χ1) is 11.0. The van der Waals surface area contributed by atoms with E-state index in [4.69, 9.17) is 26.6 Å². The molecule has 0 amide bonds. The molecule has 1 aromatic heterocycles. The number of hydrogen-bond donors (Lipinski definition) is 1. The van der Waals surface area contributed by atoms with Crippen LogP contribution in [0.1, 0.15) is 32.6 Å². The Morgan fingerprint density at radius 3 is 2.65 bits per heavy atom. The average molecular weight is 333 g/mol. The summed E-state index contributed by atoms with van der Waals surface area (Å²) in [6, 6.07) is 11.6. The zero-order valence-electron chi connectivity index (χ0n) is 13.5. The van der Waals surface area contributed by atoms with Crippen LogP contribution in [-0.4, -0.2) is 11.1 Å². The predicted octanol–water partition coefficient (Wildman–Crippen LogP) is 4.73. The van der Waals surface area contributed by atoms with Gasteiger partial charge in [-0.1, -0.05) is 37.6 Å². The summed E-state index contributed by atoms with van der Waals surface area (Å²) in [5.41, 5.74) is 6.81. The molecule has 0 bridgehead atoms. The van der Waals surface area contributed by atoms with Crippen LogP contribution in [0.3, 0.4) is 0 Å². The SMILES string of the molecule is CC(C)C(C)N1OC(N)=CC1c1ccc(-c2cccc(Cl)c2)o1. The lowest BCUT2D eigenvalue weighted by molar-refractivity contribution is -0.160. The Morgan fingerprint density at radius 2 is 1.96 bits per heavy atom. The fourth-order valence-electron chi connectivity index (χ4n) is 2.58. The van der Waals surface area contributed by atoms with Crippen molar-refractivity contribution in [1.82, 2.24) is 5.06 Å². The smallest absolute Gasteiger partial charge is 0.207 e. The molecule has 0 saturated heterocycles. The molecular formula is C18H21ClN2O2. The van der Waals surface area contributed by atoms with Crippen molar-refractivity contribution in [2.75, 3.05) is 0 Å². The maximum Gasteiger partial charge on any atom is 0.207 e. The van der Waals surface area contributed by atoms with E-state index in [0.29, 0.717) is 16.8 Å². The molecule has 3 rings (SSSR count). The molecule has 2 unspecified atom stereocenters. The normalized spacial score (nSPS) is 19.7. The van der Waals surface area contributed by atoms with Gasteiger partial charge >= 0.3 is 0 Å².